The summed E-state index contributed by atoms with van der Waals surface area (Å²) < 4.78 is 18.0. The number of amides is 2. The Balaban J connectivity index is 0.967. The third-order valence-corrected chi connectivity index (χ3v) is 13.3. The Morgan fingerprint density at radius 2 is 0.929 bits per heavy atom. The van der Waals surface area contributed by atoms with Gasteiger partial charge in [0.25, 0.3) is 11.8 Å². The Morgan fingerprint density at radius 1 is 0.500 bits per heavy atom. The van der Waals surface area contributed by atoms with Crippen molar-refractivity contribution < 1.29 is 28.7 Å². The van der Waals surface area contributed by atoms with Crippen molar-refractivity contribution in [1.82, 2.24) is 9.80 Å². The van der Waals surface area contributed by atoms with Crippen LogP contribution in [0.25, 0.3) is 43.1 Å². The fourth-order valence-corrected chi connectivity index (χ4v) is 9.94. The van der Waals surface area contributed by atoms with E-state index in [1.54, 1.807) is 21.9 Å². The first kappa shape index (κ1) is 47.8. The predicted molar refractivity (Wildman–Crippen MR) is 284 cm³/mol. The molecule has 2 amide bonds. The van der Waals surface area contributed by atoms with Gasteiger partial charge in [-0.25, -0.2) is 0 Å². The number of benzene rings is 9. The molecule has 0 atom stereocenters. The average molecular weight is 927 g/mol. The molecule has 0 saturated heterocycles. The highest BCUT2D eigenvalue weighted by molar-refractivity contribution is 6.17. The van der Waals surface area contributed by atoms with Gasteiger partial charge >= 0.3 is 7.69 Å². The molecule has 0 fully saturated rings. The molecule has 0 saturated carbocycles. The van der Waals surface area contributed by atoms with Crippen LogP contribution in [0.3, 0.4) is 0 Å². The normalized spacial score (nSPS) is 11.6. The summed E-state index contributed by atoms with van der Waals surface area (Å²) in [4.78, 5) is 32.9. The number of aryl methyl sites for hydroxylation is 1. The molecule has 0 aromatic heterocycles. The second-order valence-corrected chi connectivity index (χ2v) is 19.3. The number of ether oxygens (including phenoxy) is 2. The molecular weight excluding hydrogens is 867 g/mol. The lowest BCUT2D eigenvalue weighted by atomic mass is 9.82. The summed E-state index contributed by atoms with van der Waals surface area (Å²) >= 11 is 0. The average Bonchev–Trinajstić information content (AvgIpc) is 3.37. The largest absolute Gasteiger partial charge is 0.539 e. The first-order valence-corrected chi connectivity index (χ1v) is 23.9. The number of carbonyl (C=O) groups is 2. The third kappa shape index (κ3) is 10.1. The lowest BCUT2D eigenvalue weighted by molar-refractivity contribution is 0.0772. The van der Waals surface area contributed by atoms with Gasteiger partial charge < -0.3 is 29.0 Å². The van der Waals surface area contributed by atoms with E-state index in [-0.39, 0.29) is 19.5 Å². The molecule has 9 heteroatoms. The fourth-order valence-electron chi connectivity index (χ4n) is 9.94. The van der Waals surface area contributed by atoms with E-state index in [9.17, 15) is 14.6 Å². The summed E-state index contributed by atoms with van der Waals surface area (Å²) in [5.74, 6) is 0.344. The highest BCUT2D eigenvalue weighted by Crippen LogP contribution is 2.37. The molecule has 0 bridgehead atoms. The van der Waals surface area contributed by atoms with Crippen LogP contribution in [0.15, 0.2) is 164 Å². The predicted octanol–water partition coefficient (Wildman–Crippen LogP) is 12.5. The minimum atomic E-state index is -0.444. The van der Waals surface area contributed by atoms with Gasteiger partial charge in [-0.3, -0.25) is 9.59 Å². The number of nitrogens with zero attached hydrogens (tertiary/aromatic N) is 2. The standard InChI is InChI=1S/C61H59BN2O6/c1-40-17-15-18-41(31-40)36-68-38-56-51-27-13-9-23-47(51)55(48-24-10-14-28-52(48)56)35-64(6)60(66)53-30-29-43(33-58(53)61(2,3)4)59(65)63(5)34-54-45-21-7-11-25-49(45)57(50-26-12-8-22-46(50)54)39-69-37-42-19-16-20-44(32-42)70-62-67/h7-33,62,67H,34-39H2,1-6H3. The van der Waals surface area contributed by atoms with E-state index in [0.717, 1.165) is 82.0 Å². The molecule has 9 aromatic rings. The van der Waals surface area contributed by atoms with Gasteiger partial charge in [0.15, 0.2) is 0 Å². The molecule has 0 heterocycles. The van der Waals surface area contributed by atoms with Crippen molar-refractivity contribution in [3.05, 3.63) is 219 Å². The van der Waals surface area contributed by atoms with Crippen molar-refractivity contribution in [1.29, 1.82) is 0 Å². The van der Waals surface area contributed by atoms with Crippen LogP contribution in [0, 0.1) is 6.92 Å². The third-order valence-electron chi connectivity index (χ3n) is 13.3. The smallest absolute Gasteiger partial charge is 0.504 e. The van der Waals surface area contributed by atoms with Crippen molar-refractivity contribution in [2.75, 3.05) is 14.1 Å². The van der Waals surface area contributed by atoms with Gasteiger partial charge in [0.1, 0.15) is 5.75 Å². The van der Waals surface area contributed by atoms with E-state index >= 15 is 0 Å². The fraction of sp³-hybridized carbons (Fsp3) is 0.213. The first-order chi connectivity index (χ1) is 33.9. The zero-order valence-electron chi connectivity index (χ0n) is 40.9. The van der Waals surface area contributed by atoms with Crippen LogP contribution in [0.1, 0.15) is 86.0 Å². The molecule has 0 spiro atoms. The van der Waals surface area contributed by atoms with Crippen LogP contribution in [0.2, 0.25) is 0 Å². The van der Waals surface area contributed by atoms with Gasteiger partial charge in [-0.05, 0) is 125 Å². The highest BCUT2D eigenvalue weighted by atomic mass is 16.5. The van der Waals surface area contributed by atoms with Crippen LogP contribution in [-0.2, 0) is 54.4 Å². The Morgan fingerprint density at radius 3 is 1.37 bits per heavy atom. The first-order valence-electron chi connectivity index (χ1n) is 23.9. The lowest BCUT2D eigenvalue weighted by Crippen LogP contribution is -2.31. The molecule has 1 N–H and O–H groups in total. The van der Waals surface area contributed by atoms with Gasteiger partial charge in [0.05, 0.1) is 26.4 Å². The number of rotatable bonds is 16. The van der Waals surface area contributed by atoms with Crippen LogP contribution < -0.4 is 4.65 Å². The van der Waals surface area contributed by atoms with Gasteiger partial charge in [-0.1, -0.05) is 160 Å². The lowest BCUT2D eigenvalue weighted by Gasteiger charge is -2.27. The van der Waals surface area contributed by atoms with E-state index in [0.29, 0.717) is 56.4 Å². The molecule has 352 valence electrons. The van der Waals surface area contributed by atoms with Crippen LogP contribution in [0.4, 0.5) is 0 Å². The summed E-state index contributed by atoms with van der Waals surface area (Å²) in [5.41, 5.74) is 9.08. The summed E-state index contributed by atoms with van der Waals surface area (Å²) in [6, 6.07) is 54.9. The van der Waals surface area contributed by atoms with Crippen LogP contribution in [0.5, 0.6) is 5.75 Å². The van der Waals surface area contributed by atoms with Crippen molar-refractivity contribution in [2.24, 2.45) is 0 Å². The molecule has 9 rings (SSSR count). The van der Waals surface area contributed by atoms with Gasteiger partial charge in [-0.2, -0.15) is 0 Å². The SMILES string of the molecule is Cc1cccc(COCc2c3ccccc3c(CN(C)C(=O)c3ccc(C(=O)N(C)Cc4c5ccccc5c(COCc5cccc(OBO)c5)c5ccccc45)cc3C(C)(C)C)c3ccccc23)c1. The minimum absolute atomic E-state index is 0.109. The molecular formula is C61H59BN2O6. The van der Waals surface area contributed by atoms with E-state index in [2.05, 4.69) is 125 Å². The Bertz CT molecular complexity index is 3280. The zero-order valence-corrected chi connectivity index (χ0v) is 40.9. The molecule has 0 aliphatic rings. The number of carbonyl (C=O) groups excluding carboxylic acids is 2. The maximum Gasteiger partial charge on any atom is 0.504 e. The van der Waals surface area contributed by atoms with Gasteiger partial charge in [-0.15, -0.1) is 0 Å². The van der Waals surface area contributed by atoms with Crippen molar-refractivity contribution in [2.45, 2.75) is 72.6 Å². The molecule has 0 radical (unpaired) electrons. The topological polar surface area (TPSA) is 88.5 Å². The van der Waals surface area contributed by atoms with Crippen LogP contribution in [-0.4, -0.2) is 48.4 Å². The highest BCUT2D eigenvalue weighted by Gasteiger charge is 2.28. The van der Waals surface area contributed by atoms with Crippen LogP contribution >= 0.6 is 0 Å². The maximum atomic E-state index is 14.8. The molecule has 0 unspecified atom stereocenters. The molecule has 9 aromatic carbocycles. The number of fused-ring (bicyclic) bond motifs is 4. The van der Waals surface area contributed by atoms with Crippen molar-refractivity contribution in [3.8, 4) is 5.75 Å². The van der Waals surface area contributed by atoms with Crippen molar-refractivity contribution >= 4 is 62.6 Å². The molecule has 0 aliphatic carbocycles. The van der Waals surface area contributed by atoms with Crippen molar-refractivity contribution in [3.63, 3.8) is 0 Å². The summed E-state index contributed by atoms with van der Waals surface area (Å²) in [5, 5.41) is 17.9. The van der Waals surface area contributed by atoms with E-state index in [1.165, 1.54) is 5.56 Å². The second kappa shape index (κ2) is 20.7. The molecule has 8 nitrogen and oxygen atoms in total. The number of hydrogen-bond acceptors (Lipinski definition) is 6. The van der Waals surface area contributed by atoms with E-state index in [1.807, 2.05) is 68.7 Å². The summed E-state index contributed by atoms with van der Waals surface area (Å²) in [7, 11) is 3.32. The second-order valence-electron chi connectivity index (χ2n) is 19.3. The van der Waals surface area contributed by atoms with E-state index in [4.69, 9.17) is 14.1 Å². The summed E-state index contributed by atoms with van der Waals surface area (Å²) in [6.45, 7) is 10.8. The molecule has 70 heavy (non-hydrogen) atoms. The molecule has 0 aliphatic heterocycles. The Hall–Kier alpha value is -7.30. The monoisotopic (exact) mass is 926 g/mol. The van der Waals surface area contributed by atoms with Gasteiger partial charge in [0.2, 0.25) is 0 Å². The summed E-state index contributed by atoms with van der Waals surface area (Å²) in [6.07, 6.45) is 0. The maximum absolute atomic E-state index is 14.8. The van der Waals surface area contributed by atoms with E-state index < -0.39 is 5.41 Å². The zero-order chi connectivity index (χ0) is 48.9. The Labute approximate surface area is 411 Å². The number of hydrogen-bond donors (Lipinski definition) is 1. The minimum Gasteiger partial charge on any atom is -0.539 e. The quantitative estimate of drug-likeness (QED) is 0.0767. The Kier molecular flexibility index (Phi) is 14.2. The van der Waals surface area contributed by atoms with Gasteiger partial charge in [0, 0.05) is 38.3 Å².